The minimum atomic E-state index is 0.0436. The smallest absolute Gasteiger partial charge is 0.130 e. The Bertz CT molecular complexity index is 521. The average molecular weight is 243 g/mol. The molecule has 0 saturated heterocycles. The van der Waals surface area contributed by atoms with Crippen LogP contribution >= 0.6 is 0 Å². The summed E-state index contributed by atoms with van der Waals surface area (Å²) in [5.41, 5.74) is 8.60. The van der Waals surface area contributed by atoms with Gasteiger partial charge in [-0.15, -0.1) is 0 Å². The Morgan fingerprint density at radius 2 is 1.72 bits per heavy atom. The first-order valence-corrected chi connectivity index (χ1v) is 5.90. The highest BCUT2D eigenvalue weighted by atomic mass is 16.5. The Hall–Kier alpha value is -1.84. The van der Waals surface area contributed by atoms with Gasteiger partial charge in [-0.3, -0.25) is 0 Å². The Labute approximate surface area is 107 Å². The summed E-state index contributed by atoms with van der Waals surface area (Å²) in [5, 5.41) is 8.98. The lowest BCUT2D eigenvalue weighted by Crippen LogP contribution is -1.97. The van der Waals surface area contributed by atoms with Crippen LogP contribution in [-0.2, 0) is 13.2 Å². The first-order valence-electron chi connectivity index (χ1n) is 5.90. The number of aliphatic hydroxyl groups excluding tert-OH is 1. The normalized spacial score (nSPS) is 10.4. The van der Waals surface area contributed by atoms with Gasteiger partial charge in [-0.25, -0.2) is 0 Å². The lowest BCUT2D eigenvalue weighted by atomic mass is 10.1. The molecule has 0 spiro atoms. The van der Waals surface area contributed by atoms with Gasteiger partial charge in [0.25, 0.3) is 0 Å². The van der Waals surface area contributed by atoms with Crippen LogP contribution < -0.4 is 10.5 Å². The molecule has 0 saturated carbocycles. The molecule has 2 aromatic rings. The molecule has 3 N–H and O–H groups in total. The van der Waals surface area contributed by atoms with Gasteiger partial charge in [0.15, 0.2) is 0 Å². The Kier molecular flexibility index (Phi) is 3.97. The monoisotopic (exact) mass is 243 g/mol. The Morgan fingerprint density at radius 1 is 1.06 bits per heavy atom. The second kappa shape index (κ2) is 5.67. The molecule has 2 aromatic carbocycles. The van der Waals surface area contributed by atoms with Crippen LogP contribution in [-0.4, -0.2) is 5.11 Å². The number of aryl methyl sites for hydroxylation is 1. The van der Waals surface area contributed by atoms with Crippen LogP contribution in [0.1, 0.15) is 16.7 Å². The number of aliphatic hydroxyl groups is 1. The van der Waals surface area contributed by atoms with E-state index >= 15 is 0 Å². The van der Waals surface area contributed by atoms with Crippen LogP contribution in [0.2, 0.25) is 0 Å². The summed E-state index contributed by atoms with van der Waals surface area (Å²) < 4.78 is 5.81. The number of hydrogen-bond acceptors (Lipinski definition) is 3. The first kappa shape index (κ1) is 12.6. The summed E-state index contributed by atoms with van der Waals surface area (Å²) in [4.78, 5) is 0. The highest BCUT2D eigenvalue weighted by molar-refractivity contribution is 5.40. The summed E-state index contributed by atoms with van der Waals surface area (Å²) in [6.45, 7) is 2.54. The second-order valence-corrected chi connectivity index (χ2v) is 4.21. The fourth-order valence-electron chi connectivity index (χ4n) is 1.67. The molecule has 0 aromatic heterocycles. The number of hydrogen-bond donors (Lipinski definition) is 2. The highest BCUT2D eigenvalue weighted by Crippen LogP contribution is 2.26. The third-order valence-corrected chi connectivity index (χ3v) is 2.82. The molecule has 0 aliphatic rings. The minimum absolute atomic E-state index is 0.0436. The van der Waals surface area contributed by atoms with Crippen molar-refractivity contribution in [3.8, 4) is 11.5 Å². The number of ether oxygens (including phenoxy) is 1. The molecule has 0 amide bonds. The second-order valence-electron chi connectivity index (χ2n) is 4.21. The van der Waals surface area contributed by atoms with E-state index in [9.17, 15) is 0 Å². The Balaban J connectivity index is 2.21. The SMILES string of the molecule is Cc1ccc(CN)cc1Oc1ccc(CO)cc1. The molecule has 0 fully saturated rings. The molecule has 0 bridgehead atoms. The van der Waals surface area contributed by atoms with E-state index in [2.05, 4.69) is 0 Å². The van der Waals surface area contributed by atoms with Crippen molar-refractivity contribution >= 4 is 0 Å². The van der Waals surface area contributed by atoms with E-state index < -0.39 is 0 Å². The largest absolute Gasteiger partial charge is 0.457 e. The molecule has 3 heteroatoms. The maximum absolute atomic E-state index is 8.98. The molecule has 18 heavy (non-hydrogen) atoms. The van der Waals surface area contributed by atoms with Gasteiger partial charge in [0.05, 0.1) is 6.61 Å². The molecule has 0 heterocycles. The predicted molar refractivity (Wildman–Crippen MR) is 71.5 cm³/mol. The minimum Gasteiger partial charge on any atom is -0.457 e. The Morgan fingerprint density at radius 3 is 2.33 bits per heavy atom. The van der Waals surface area contributed by atoms with Crippen LogP contribution in [0, 0.1) is 6.92 Å². The van der Waals surface area contributed by atoms with Crippen LogP contribution in [0.25, 0.3) is 0 Å². The van der Waals surface area contributed by atoms with E-state index in [1.807, 2.05) is 49.4 Å². The number of rotatable bonds is 4. The molecule has 3 nitrogen and oxygen atoms in total. The molecule has 0 aliphatic carbocycles. The third-order valence-electron chi connectivity index (χ3n) is 2.82. The van der Waals surface area contributed by atoms with Crippen molar-refractivity contribution in [2.75, 3.05) is 0 Å². The van der Waals surface area contributed by atoms with Gasteiger partial charge >= 0.3 is 0 Å². The zero-order chi connectivity index (χ0) is 13.0. The van der Waals surface area contributed by atoms with Gasteiger partial charge in [-0.05, 0) is 41.8 Å². The van der Waals surface area contributed by atoms with Crippen molar-refractivity contribution in [1.82, 2.24) is 0 Å². The molecule has 0 radical (unpaired) electrons. The average Bonchev–Trinajstić information content (AvgIpc) is 2.42. The number of benzene rings is 2. The zero-order valence-electron chi connectivity index (χ0n) is 10.4. The number of nitrogens with two attached hydrogens (primary N) is 1. The lowest BCUT2D eigenvalue weighted by molar-refractivity contribution is 0.281. The van der Waals surface area contributed by atoms with E-state index in [1.54, 1.807) is 0 Å². The molecule has 0 unspecified atom stereocenters. The van der Waals surface area contributed by atoms with Crippen LogP contribution in [0.5, 0.6) is 11.5 Å². The third kappa shape index (κ3) is 2.88. The molecule has 94 valence electrons. The maximum atomic E-state index is 8.98. The highest BCUT2D eigenvalue weighted by Gasteiger charge is 2.03. The molecule has 0 aliphatic heterocycles. The topological polar surface area (TPSA) is 55.5 Å². The fourth-order valence-corrected chi connectivity index (χ4v) is 1.67. The summed E-state index contributed by atoms with van der Waals surface area (Å²) in [5.74, 6) is 1.57. The summed E-state index contributed by atoms with van der Waals surface area (Å²) >= 11 is 0. The van der Waals surface area contributed by atoms with Gasteiger partial charge < -0.3 is 15.6 Å². The maximum Gasteiger partial charge on any atom is 0.130 e. The van der Waals surface area contributed by atoms with Crippen LogP contribution in [0.3, 0.4) is 0 Å². The fraction of sp³-hybridized carbons (Fsp3) is 0.200. The van der Waals surface area contributed by atoms with E-state index in [0.717, 1.165) is 28.2 Å². The zero-order valence-corrected chi connectivity index (χ0v) is 10.4. The summed E-state index contributed by atoms with van der Waals surface area (Å²) in [6, 6.07) is 13.3. The van der Waals surface area contributed by atoms with Gasteiger partial charge in [0, 0.05) is 6.54 Å². The van der Waals surface area contributed by atoms with Crippen LogP contribution in [0.15, 0.2) is 42.5 Å². The molecule has 2 rings (SSSR count). The quantitative estimate of drug-likeness (QED) is 0.868. The molecule has 0 atom stereocenters. The van der Waals surface area contributed by atoms with E-state index in [4.69, 9.17) is 15.6 Å². The van der Waals surface area contributed by atoms with Crippen molar-refractivity contribution in [2.45, 2.75) is 20.1 Å². The standard InChI is InChI=1S/C15H17NO2/c1-11-2-3-13(9-16)8-15(11)18-14-6-4-12(10-17)5-7-14/h2-8,17H,9-10,16H2,1H3. The van der Waals surface area contributed by atoms with Crippen molar-refractivity contribution in [1.29, 1.82) is 0 Å². The van der Waals surface area contributed by atoms with E-state index in [1.165, 1.54) is 0 Å². The molecular formula is C15H17NO2. The van der Waals surface area contributed by atoms with Crippen molar-refractivity contribution in [3.63, 3.8) is 0 Å². The first-order chi connectivity index (χ1) is 8.72. The predicted octanol–water partition coefficient (Wildman–Crippen LogP) is 2.74. The van der Waals surface area contributed by atoms with Gasteiger partial charge in [0.2, 0.25) is 0 Å². The van der Waals surface area contributed by atoms with Crippen molar-refractivity contribution in [2.24, 2.45) is 5.73 Å². The summed E-state index contributed by atoms with van der Waals surface area (Å²) in [6.07, 6.45) is 0. The van der Waals surface area contributed by atoms with Gasteiger partial charge in [-0.2, -0.15) is 0 Å². The van der Waals surface area contributed by atoms with Crippen molar-refractivity contribution in [3.05, 3.63) is 59.2 Å². The van der Waals surface area contributed by atoms with Gasteiger partial charge in [0.1, 0.15) is 11.5 Å². The van der Waals surface area contributed by atoms with Crippen LogP contribution in [0.4, 0.5) is 0 Å². The van der Waals surface area contributed by atoms with E-state index in [0.29, 0.717) is 6.54 Å². The summed E-state index contributed by atoms with van der Waals surface area (Å²) in [7, 11) is 0. The van der Waals surface area contributed by atoms with Crippen molar-refractivity contribution < 1.29 is 9.84 Å². The van der Waals surface area contributed by atoms with E-state index in [-0.39, 0.29) is 6.61 Å². The van der Waals surface area contributed by atoms with Gasteiger partial charge in [-0.1, -0.05) is 24.3 Å². The molecular weight excluding hydrogens is 226 g/mol. The lowest BCUT2D eigenvalue weighted by Gasteiger charge is -2.10.